The number of anilines is 1. The highest BCUT2D eigenvalue weighted by Crippen LogP contribution is 2.25. The highest BCUT2D eigenvalue weighted by Gasteiger charge is 2.17. The minimum absolute atomic E-state index is 0.492. The third kappa shape index (κ3) is 1.03. The molecule has 0 saturated heterocycles. The minimum atomic E-state index is -0.492. The van der Waals surface area contributed by atoms with Crippen molar-refractivity contribution in [1.29, 1.82) is 5.26 Å². The van der Waals surface area contributed by atoms with Gasteiger partial charge in [0.05, 0.1) is 11.6 Å². The van der Waals surface area contributed by atoms with Crippen LogP contribution in [0, 0.1) is 11.3 Å². The van der Waals surface area contributed by atoms with Crippen molar-refractivity contribution in [3.8, 4) is 6.07 Å². The molecule has 1 heterocycles. The highest BCUT2D eigenvalue weighted by molar-refractivity contribution is 5.58. The zero-order valence-electron chi connectivity index (χ0n) is 6.41. The van der Waals surface area contributed by atoms with Gasteiger partial charge >= 0.3 is 0 Å². The van der Waals surface area contributed by atoms with Crippen LogP contribution in [-0.4, -0.2) is 11.3 Å². The van der Waals surface area contributed by atoms with Gasteiger partial charge in [0.1, 0.15) is 6.23 Å². The Hall–Kier alpha value is -1.53. The van der Waals surface area contributed by atoms with Crippen LogP contribution in [0.4, 0.5) is 5.69 Å². The molecule has 60 valence electrons. The first-order chi connectivity index (χ1) is 5.79. The van der Waals surface area contributed by atoms with E-state index in [4.69, 9.17) is 5.26 Å². The van der Waals surface area contributed by atoms with Crippen LogP contribution in [0.2, 0.25) is 0 Å². The maximum atomic E-state index is 9.22. The van der Waals surface area contributed by atoms with Gasteiger partial charge in [-0.05, 0) is 23.8 Å². The monoisotopic (exact) mass is 160 g/mol. The molecule has 1 aromatic rings. The normalized spacial score (nSPS) is 19.5. The van der Waals surface area contributed by atoms with Crippen molar-refractivity contribution in [1.82, 2.24) is 0 Å². The predicted molar refractivity (Wildman–Crippen MR) is 44.5 cm³/mol. The third-order valence-electron chi connectivity index (χ3n) is 1.97. The number of nitrogens with zero attached hydrogens (tertiary/aromatic N) is 1. The second-order valence-corrected chi connectivity index (χ2v) is 2.85. The molecule has 0 aliphatic carbocycles. The molecule has 0 radical (unpaired) electrons. The van der Waals surface area contributed by atoms with Gasteiger partial charge < -0.3 is 10.4 Å². The van der Waals surface area contributed by atoms with Crippen molar-refractivity contribution in [3.63, 3.8) is 0 Å². The second-order valence-electron chi connectivity index (χ2n) is 2.85. The highest BCUT2D eigenvalue weighted by atomic mass is 16.3. The number of hydrogen-bond donors (Lipinski definition) is 2. The van der Waals surface area contributed by atoms with Gasteiger partial charge in [-0.25, -0.2) is 0 Å². The topological polar surface area (TPSA) is 56.0 Å². The molecule has 0 aromatic heterocycles. The maximum Gasteiger partial charge on any atom is 0.128 e. The van der Waals surface area contributed by atoms with Crippen molar-refractivity contribution >= 4 is 5.69 Å². The van der Waals surface area contributed by atoms with Crippen molar-refractivity contribution in [2.24, 2.45) is 0 Å². The molecule has 12 heavy (non-hydrogen) atoms. The molecule has 0 spiro atoms. The summed E-state index contributed by atoms with van der Waals surface area (Å²) in [6, 6.07) is 7.43. The van der Waals surface area contributed by atoms with Gasteiger partial charge in [0.25, 0.3) is 0 Å². The predicted octanol–water partition coefficient (Wildman–Crippen LogP) is 0.845. The van der Waals surface area contributed by atoms with E-state index in [1.165, 1.54) is 0 Å². The first kappa shape index (κ1) is 7.14. The van der Waals surface area contributed by atoms with Crippen LogP contribution in [0.25, 0.3) is 0 Å². The van der Waals surface area contributed by atoms with E-state index in [2.05, 4.69) is 11.4 Å². The summed E-state index contributed by atoms with van der Waals surface area (Å²) in [4.78, 5) is 0. The molecule has 1 aliphatic heterocycles. The summed E-state index contributed by atoms with van der Waals surface area (Å²) in [6.07, 6.45) is 0.0964. The van der Waals surface area contributed by atoms with E-state index < -0.39 is 6.23 Å². The number of aliphatic hydroxyl groups excluding tert-OH is 1. The number of benzene rings is 1. The fourth-order valence-electron chi connectivity index (χ4n) is 1.41. The fourth-order valence-corrected chi connectivity index (χ4v) is 1.41. The summed E-state index contributed by atoms with van der Waals surface area (Å²) in [7, 11) is 0. The first-order valence-corrected chi connectivity index (χ1v) is 3.77. The summed E-state index contributed by atoms with van der Waals surface area (Å²) in [5.74, 6) is 0. The van der Waals surface area contributed by atoms with Crippen LogP contribution in [0.3, 0.4) is 0 Å². The molecule has 1 aliphatic rings. The van der Waals surface area contributed by atoms with Gasteiger partial charge in [0.2, 0.25) is 0 Å². The standard InChI is InChI=1S/C9H8N2O/c10-5-6-1-2-8-7(3-6)4-9(12)11-8/h1-3,9,11-12H,4H2. The molecule has 1 unspecified atom stereocenters. The Morgan fingerprint density at radius 1 is 1.58 bits per heavy atom. The number of aliphatic hydroxyl groups is 1. The molecule has 1 atom stereocenters. The largest absolute Gasteiger partial charge is 0.373 e. The van der Waals surface area contributed by atoms with E-state index in [1.54, 1.807) is 12.1 Å². The van der Waals surface area contributed by atoms with Gasteiger partial charge in [-0.1, -0.05) is 0 Å². The lowest BCUT2D eigenvalue weighted by atomic mass is 10.1. The maximum absolute atomic E-state index is 9.22. The number of nitrogens with one attached hydrogen (secondary N) is 1. The molecule has 2 rings (SSSR count). The molecule has 2 N–H and O–H groups in total. The zero-order chi connectivity index (χ0) is 8.55. The Morgan fingerprint density at radius 3 is 3.17 bits per heavy atom. The Labute approximate surface area is 70.3 Å². The van der Waals surface area contributed by atoms with Crippen LogP contribution in [0.15, 0.2) is 18.2 Å². The van der Waals surface area contributed by atoms with Gasteiger partial charge in [0.15, 0.2) is 0 Å². The summed E-state index contributed by atoms with van der Waals surface area (Å²) in [5.41, 5.74) is 2.59. The van der Waals surface area contributed by atoms with E-state index in [0.717, 1.165) is 11.3 Å². The van der Waals surface area contributed by atoms with Crippen molar-refractivity contribution < 1.29 is 5.11 Å². The zero-order valence-corrected chi connectivity index (χ0v) is 6.41. The van der Waals surface area contributed by atoms with E-state index in [0.29, 0.717) is 12.0 Å². The quantitative estimate of drug-likeness (QED) is 0.591. The van der Waals surface area contributed by atoms with Gasteiger partial charge in [-0.2, -0.15) is 5.26 Å². The number of nitriles is 1. The molecular formula is C9H8N2O. The van der Waals surface area contributed by atoms with Crippen molar-refractivity contribution in [2.75, 3.05) is 5.32 Å². The lowest BCUT2D eigenvalue weighted by Gasteiger charge is -2.00. The fraction of sp³-hybridized carbons (Fsp3) is 0.222. The SMILES string of the molecule is N#Cc1ccc2c(c1)CC(O)N2. The summed E-state index contributed by atoms with van der Waals surface area (Å²) < 4.78 is 0. The van der Waals surface area contributed by atoms with Crippen molar-refractivity contribution in [2.45, 2.75) is 12.6 Å². The first-order valence-electron chi connectivity index (χ1n) is 3.77. The van der Waals surface area contributed by atoms with Crippen LogP contribution < -0.4 is 5.32 Å². The molecule has 0 saturated carbocycles. The lowest BCUT2D eigenvalue weighted by molar-refractivity contribution is 0.212. The van der Waals surface area contributed by atoms with E-state index in [-0.39, 0.29) is 0 Å². The number of hydrogen-bond acceptors (Lipinski definition) is 3. The number of rotatable bonds is 0. The van der Waals surface area contributed by atoms with Gasteiger partial charge in [0, 0.05) is 12.1 Å². The Balaban J connectivity index is 2.44. The Morgan fingerprint density at radius 2 is 2.42 bits per heavy atom. The minimum Gasteiger partial charge on any atom is -0.373 e. The van der Waals surface area contributed by atoms with E-state index in [1.807, 2.05) is 6.07 Å². The molecule has 3 heteroatoms. The smallest absolute Gasteiger partial charge is 0.128 e. The third-order valence-corrected chi connectivity index (χ3v) is 1.97. The van der Waals surface area contributed by atoms with Crippen LogP contribution in [0.1, 0.15) is 11.1 Å². The summed E-state index contributed by atoms with van der Waals surface area (Å²) >= 11 is 0. The molecule has 0 fully saturated rings. The van der Waals surface area contributed by atoms with Crippen molar-refractivity contribution in [3.05, 3.63) is 29.3 Å². The van der Waals surface area contributed by atoms with Crippen LogP contribution in [-0.2, 0) is 6.42 Å². The molecule has 0 bridgehead atoms. The molecule has 0 amide bonds. The van der Waals surface area contributed by atoms with E-state index >= 15 is 0 Å². The summed E-state index contributed by atoms with van der Waals surface area (Å²) in [5, 5.41) is 20.7. The number of fused-ring (bicyclic) bond motifs is 1. The summed E-state index contributed by atoms with van der Waals surface area (Å²) in [6.45, 7) is 0. The van der Waals surface area contributed by atoms with Gasteiger partial charge in [-0.15, -0.1) is 0 Å². The van der Waals surface area contributed by atoms with Crippen LogP contribution in [0.5, 0.6) is 0 Å². The van der Waals surface area contributed by atoms with Gasteiger partial charge in [-0.3, -0.25) is 0 Å². The average Bonchev–Trinajstić information content (AvgIpc) is 2.43. The molecule has 3 nitrogen and oxygen atoms in total. The average molecular weight is 160 g/mol. The van der Waals surface area contributed by atoms with Crippen LogP contribution >= 0.6 is 0 Å². The second kappa shape index (κ2) is 2.50. The molecule has 1 aromatic carbocycles. The Kier molecular flexibility index (Phi) is 1.49. The van der Waals surface area contributed by atoms with E-state index in [9.17, 15) is 5.11 Å². The lowest BCUT2D eigenvalue weighted by Crippen LogP contribution is -2.12. The Bertz CT molecular complexity index is 354. The molecular weight excluding hydrogens is 152 g/mol.